The van der Waals surface area contributed by atoms with Crippen LogP contribution in [0.3, 0.4) is 0 Å². The van der Waals surface area contributed by atoms with E-state index in [1.54, 1.807) is 5.57 Å². The van der Waals surface area contributed by atoms with Crippen molar-refractivity contribution in [2.24, 2.45) is 0 Å². The van der Waals surface area contributed by atoms with Gasteiger partial charge in [-0.2, -0.15) is 0 Å². The zero-order chi connectivity index (χ0) is 7.52. The molecule has 0 unspecified atom stereocenters. The summed E-state index contributed by atoms with van der Waals surface area (Å²) in [6.07, 6.45) is 10.9. The number of hydrogen-bond donors (Lipinski definition) is 1. The first kappa shape index (κ1) is 6.65. The summed E-state index contributed by atoms with van der Waals surface area (Å²) in [5, 5.41) is 0. The van der Waals surface area contributed by atoms with Crippen molar-refractivity contribution in [3.8, 4) is 0 Å². The predicted molar refractivity (Wildman–Crippen MR) is 44.2 cm³/mol. The molecule has 0 bridgehead atoms. The molecular weight excluding hydrogens is 136 g/mol. The van der Waals surface area contributed by atoms with Crippen molar-refractivity contribution in [1.29, 1.82) is 0 Å². The lowest BCUT2D eigenvalue weighted by Crippen LogP contribution is -1.89. The second-order valence-corrected chi connectivity index (χ2v) is 2.97. The quantitative estimate of drug-likeness (QED) is 0.639. The normalized spacial score (nSPS) is 16.9. The number of aromatic nitrogens is 2. The van der Waals surface area contributed by atoms with Gasteiger partial charge in [0.2, 0.25) is 0 Å². The van der Waals surface area contributed by atoms with Crippen LogP contribution in [0.4, 0.5) is 0 Å². The van der Waals surface area contributed by atoms with E-state index < -0.39 is 0 Å². The minimum atomic E-state index is 1.02. The molecule has 0 amide bonds. The summed E-state index contributed by atoms with van der Waals surface area (Å²) in [6.45, 7) is 0. The number of H-pyrrole nitrogens is 1. The van der Waals surface area contributed by atoms with Crippen LogP contribution >= 0.6 is 0 Å². The Labute approximate surface area is 66.4 Å². The van der Waals surface area contributed by atoms with Gasteiger partial charge >= 0.3 is 0 Å². The van der Waals surface area contributed by atoms with Crippen molar-refractivity contribution in [2.75, 3.05) is 0 Å². The van der Waals surface area contributed by atoms with Gasteiger partial charge in [-0.25, -0.2) is 4.98 Å². The lowest BCUT2D eigenvalue weighted by atomic mass is 10.1. The lowest BCUT2D eigenvalue weighted by molar-refractivity contribution is 0.871. The predicted octanol–water partition coefficient (Wildman–Crippen LogP) is 2.06. The molecule has 1 aliphatic rings. The molecule has 2 rings (SSSR count). The molecule has 0 radical (unpaired) electrons. The number of rotatable bonds is 2. The summed E-state index contributed by atoms with van der Waals surface area (Å²) < 4.78 is 0. The van der Waals surface area contributed by atoms with Crippen LogP contribution in [-0.2, 0) is 6.42 Å². The summed E-state index contributed by atoms with van der Waals surface area (Å²) >= 11 is 0. The maximum atomic E-state index is 4.18. The molecule has 0 spiro atoms. The first-order valence-corrected chi connectivity index (χ1v) is 4.11. The highest BCUT2D eigenvalue weighted by Crippen LogP contribution is 2.19. The third kappa shape index (κ3) is 1.50. The molecule has 0 atom stereocenters. The Hall–Kier alpha value is -1.05. The van der Waals surface area contributed by atoms with Crippen molar-refractivity contribution in [2.45, 2.75) is 25.7 Å². The summed E-state index contributed by atoms with van der Waals surface area (Å²) in [6, 6.07) is 0. The van der Waals surface area contributed by atoms with Gasteiger partial charge in [0.15, 0.2) is 0 Å². The molecule has 58 valence electrons. The molecule has 0 fully saturated rings. The van der Waals surface area contributed by atoms with Crippen LogP contribution in [-0.4, -0.2) is 9.97 Å². The van der Waals surface area contributed by atoms with E-state index in [4.69, 9.17) is 0 Å². The van der Waals surface area contributed by atoms with Gasteiger partial charge in [-0.05, 0) is 19.3 Å². The Balaban J connectivity index is 2.00. The first-order chi connectivity index (χ1) is 5.45. The minimum absolute atomic E-state index is 1.02. The Morgan fingerprint density at radius 3 is 3.18 bits per heavy atom. The molecule has 1 aliphatic carbocycles. The molecule has 0 saturated carbocycles. The van der Waals surface area contributed by atoms with E-state index in [1.807, 2.05) is 12.4 Å². The Kier molecular flexibility index (Phi) is 1.76. The largest absolute Gasteiger partial charge is 0.348 e. The zero-order valence-electron chi connectivity index (χ0n) is 6.51. The number of aromatic amines is 1. The summed E-state index contributed by atoms with van der Waals surface area (Å²) in [7, 11) is 0. The fourth-order valence-corrected chi connectivity index (χ4v) is 1.51. The standard InChI is InChI=1S/C9H12N2/c1-2-4-8(3-1)7-9-10-5-6-11-9/h3,5-6H,1-2,4,7H2,(H,10,11). The van der Waals surface area contributed by atoms with Gasteiger partial charge in [0.25, 0.3) is 0 Å². The highest BCUT2D eigenvalue weighted by Gasteiger charge is 2.05. The van der Waals surface area contributed by atoms with Gasteiger partial charge in [0.1, 0.15) is 5.82 Å². The summed E-state index contributed by atoms with van der Waals surface area (Å²) in [5.41, 5.74) is 1.54. The highest BCUT2D eigenvalue weighted by atomic mass is 14.9. The summed E-state index contributed by atoms with van der Waals surface area (Å²) in [5.74, 6) is 1.10. The molecule has 0 aromatic carbocycles. The molecule has 2 nitrogen and oxygen atoms in total. The molecule has 1 heterocycles. The van der Waals surface area contributed by atoms with Gasteiger partial charge in [-0.15, -0.1) is 0 Å². The number of nitrogens with one attached hydrogen (secondary N) is 1. The van der Waals surface area contributed by atoms with Crippen LogP contribution in [0.25, 0.3) is 0 Å². The van der Waals surface area contributed by atoms with Crippen LogP contribution in [0.5, 0.6) is 0 Å². The van der Waals surface area contributed by atoms with Crippen LogP contribution in [0.15, 0.2) is 24.0 Å². The number of allylic oxidation sites excluding steroid dienone is 2. The minimum Gasteiger partial charge on any atom is -0.348 e. The van der Waals surface area contributed by atoms with E-state index in [0.29, 0.717) is 0 Å². The van der Waals surface area contributed by atoms with Crippen molar-refractivity contribution in [1.82, 2.24) is 9.97 Å². The van der Waals surface area contributed by atoms with Crippen LogP contribution in [0.1, 0.15) is 25.1 Å². The molecule has 2 heteroatoms. The second kappa shape index (κ2) is 2.91. The van der Waals surface area contributed by atoms with E-state index in [0.717, 1.165) is 12.2 Å². The van der Waals surface area contributed by atoms with Crippen LogP contribution < -0.4 is 0 Å². The average Bonchev–Trinajstić information content (AvgIpc) is 2.60. The third-order valence-corrected chi connectivity index (χ3v) is 2.08. The van der Waals surface area contributed by atoms with E-state index in [-0.39, 0.29) is 0 Å². The Bertz CT molecular complexity index is 247. The van der Waals surface area contributed by atoms with Gasteiger partial charge in [-0.1, -0.05) is 11.6 Å². The van der Waals surface area contributed by atoms with Crippen LogP contribution in [0, 0.1) is 0 Å². The van der Waals surface area contributed by atoms with Crippen molar-refractivity contribution in [3.05, 3.63) is 29.9 Å². The second-order valence-electron chi connectivity index (χ2n) is 2.97. The Morgan fingerprint density at radius 1 is 1.55 bits per heavy atom. The lowest BCUT2D eigenvalue weighted by Gasteiger charge is -1.96. The maximum Gasteiger partial charge on any atom is 0.110 e. The van der Waals surface area contributed by atoms with E-state index in [1.165, 1.54) is 19.3 Å². The molecule has 1 N–H and O–H groups in total. The Morgan fingerprint density at radius 2 is 2.55 bits per heavy atom. The van der Waals surface area contributed by atoms with Gasteiger partial charge in [-0.3, -0.25) is 0 Å². The first-order valence-electron chi connectivity index (χ1n) is 4.11. The monoisotopic (exact) mass is 148 g/mol. The smallest absolute Gasteiger partial charge is 0.110 e. The van der Waals surface area contributed by atoms with E-state index in [2.05, 4.69) is 16.0 Å². The SMILES string of the molecule is C1=C(Cc2ncc[nH]2)CCC1. The van der Waals surface area contributed by atoms with Gasteiger partial charge in [0.05, 0.1) is 0 Å². The number of hydrogen-bond acceptors (Lipinski definition) is 1. The zero-order valence-corrected chi connectivity index (χ0v) is 6.51. The third-order valence-electron chi connectivity index (χ3n) is 2.08. The molecular formula is C9H12N2. The number of nitrogens with zero attached hydrogens (tertiary/aromatic N) is 1. The number of imidazole rings is 1. The van der Waals surface area contributed by atoms with E-state index >= 15 is 0 Å². The van der Waals surface area contributed by atoms with Crippen molar-refractivity contribution < 1.29 is 0 Å². The molecule has 1 aromatic heterocycles. The van der Waals surface area contributed by atoms with Crippen LogP contribution in [0.2, 0.25) is 0 Å². The highest BCUT2D eigenvalue weighted by molar-refractivity contribution is 5.13. The fourth-order valence-electron chi connectivity index (χ4n) is 1.51. The molecule has 0 saturated heterocycles. The maximum absolute atomic E-state index is 4.18. The molecule has 11 heavy (non-hydrogen) atoms. The summed E-state index contributed by atoms with van der Waals surface area (Å²) in [4.78, 5) is 7.30. The topological polar surface area (TPSA) is 28.7 Å². The molecule has 0 aliphatic heterocycles. The average molecular weight is 148 g/mol. The van der Waals surface area contributed by atoms with Crippen molar-refractivity contribution >= 4 is 0 Å². The van der Waals surface area contributed by atoms with Gasteiger partial charge in [0, 0.05) is 18.8 Å². The fraction of sp³-hybridized carbons (Fsp3) is 0.444. The van der Waals surface area contributed by atoms with Gasteiger partial charge < -0.3 is 4.98 Å². The van der Waals surface area contributed by atoms with Crippen molar-refractivity contribution in [3.63, 3.8) is 0 Å². The molecule has 1 aromatic rings. The van der Waals surface area contributed by atoms with E-state index in [9.17, 15) is 0 Å².